The van der Waals surface area contributed by atoms with Crippen molar-refractivity contribution >= 4 is 5.84 Å². The Bertz CT molecular complexity index is 465. The highest BCUT2D eigenvalue weighted by Gasteiger charge is 2.31. The van der Waals surface area contributed by atoms with E-state index < -0.39 is 0 Å². The highest BCUT2D eigenvalue weighted by Crippen LogP contribution is 2.40. The van der Waals surface area contributed by atoms with Crippen molar-refractivity contribution in [2.45, 2.75) is 45.6 Å². The fourth-order valence-electron chi connectivity index (χ4n) is 3.22. The molecule has 1 aromatic carbocycles. The van der Waals surface area contributed by atoms with E-state index in [1.165, 1.54) is 32.1 Å². The van der Waals surface area contributed by atoms with Crippen LogP contribution in [-0.2, 0) is 6.54 Å². The minimum absolute atomic E-state index is 0.175. The summed E-state index contributed by atoms with van der Waals surface area (Å²) in [6, 6.07) is 7.79. The molecule has 0 radical (unpaired) electrons. The van der Waals surface area contributed by atoms with E-state index in [9.17, 15) is 0 Å². The topological polar surface area (TPSA) is 70.6 Å². The molecule has 4 heteroatoms. The molecule has 1 aliphatic carbocycles. The van der Waals surface area contributed by atoms with Crippen molar-refractivity contribution < 1.29 is 5.21 Å². The van der Waals surface area contributed by atoms with Gasteiger partial charge in [-0.05, 0) is 30.2 Å². The Morgan fingerprint density at radius 3 is 2.70 bits per heavy atom. The number of rotatable bonds is 6. The van der Waals surface area contributed by atoms with Crippen molar-refractivity contribution in [2.75, 3.05) is 6.54 Å². The van der Waals surface area contributed by atoms with Gasteiger partial charge in [0.05, 0.1) is 0 Å². The maximum absolute atomic E-state index is 8.83. The van der Waals surface area contributed by atoms with Crippen LogP contribution in [0.5, 0.6) is 0 Å². The maximum atomic E-state index is 8.83. The molecule has 2 rings (SSSR count). The highest BCUT2D eigenvalue weighted by molar-refractivity contribution is 5.98. The van der Waals surface area contributed by atoms with Gasteiger partial charge >= 0.3 is 0 Å². The first kappa shape index (κ1) is 14.9. The molecule has 20 heavy (non-hydrogen) atoms. The lowest BCUT2D eigenvalue weighted by molar-refractivity contribution is 0.268. The molecule has 1 aromatic rings. The van der Waals surface area contributed by atoms with Gasteiger partial charge in [0, 0.05) is 18.7 Å². The lowest BCUT2D eigenvalue weighted by atomic mass is 9.83. The van der Waals surface area contributed by atoms with Crippen LogP contribution in [0.25, 0.3) is 0 Å². The van der Waals surface area contributed by atoms with Gasteiger partial charge in [0.2, 0.25) is 0 Å². The second-order valence-corrected chi connectivity index (χ2v) is 5.81. The third-order valence-corrected chi connectivity index (χ3v) is 4.63. The van der Waals surface area contributed by atoms with Crippen LogP contribution in [0, 0.1) is 5.41 Å². The minimum Gasteiger partial charge on any atom is -0.409 e. The summed E-state index contributed by atoms with van der Waals surface area (Å²) in [6.07, 6.45) is 6.62. The number of benzene rings is 1. The van der Waals surface area contributed by atoms with Gasteiger partial charge in [0.25, 0.3) is 0 Å². The Labute approximate surface area is 121 Å². The van der Waals surface area contributed by atoms with Gasteiger partial charge in [-0.3, -0.25) is 0 Å². The van der Waals surface area contributed by atoms with Gasteiger partial charge in [-0.2, -0.15) is 0 Å². The lowest BCUT2D eigenvalue weighted by Crippen LogP contribution is -2.31. The first-order valence-corrected chi connectivity index (χ1v) is 7.47. The van der Waals surface area contributed by atoms with Crippen LogP contribution in [0.15, 0.2) is 29.4 Å². The number of oxime groups is 1. The molecular formula is C16H25N3O. The Hall–Kier alpha value is -1.55. The molecule has 0 atom stereocenters. The number of nitrogens with one attached hydrogen (secondary N) is 1. The summed E-state index contributed by atoms with van der Waals surface area (Å²) in [5.74, 6) is 0.175. The summed E-state index contributed by atoms with van der Waals surface area (Å²) in [4.78, 5) is 0. The van der Waals surface area contributed by atoms with E-state index in [0.717, 1.165) is 24.2 Å². The minimum atomic E-state index is 0.175. The number of amidine groups is 1. The Balaban J connectivity index is 1.97. The normalized spacial score (nSPS) is 18.4. The third kappa shape index (κ3) is 3.31. The zero-order valence-electron chi connectivity index (χ0n) is 12.2. The molecule has 1 saturated carbocycles. The smallest absolute Gasteiger partial charge is 0.170 e. The monoisotopic (exact) mass is 275 g/mol. The van der Waals surface area contributed by atoms with E-state index in [0.29, 0.717) is 5.41 Å². The summed E-state index contributed by atoms with van der Waals surface area (Å²) < 4.78 is 0. The fourth-order valence-corrected chi connectivity index (χ4v) is 3.22. The second kappa shape index (κ2) is 6.75. The van der Waals surface area contributed by atoms with E-state index in [4.69, 9.17) is 10.9 Å². The van der Waals surface area contributed by atoms with Crippen LogP contribution in [0.1, 0.15) is 50.2 Å². The van der Waals surface area contributed by atoms with Gasteiger partial charge in [0.1, 0.15) is 0 Å². The Morgan fingerprint density at radius 1 is 1.35 bits per heavy atom. The summed E-state index contributed by atoms with van der Waals surface area (Å²) in [5.41, 5.74) is 8.07. The molecule has 110 valence electrons. The van der Waals surface area contributed by atoms with Crippen LogP contribution in [-0.4, -0.2) is 17.6 Å². The number of hydrogen-bond acceptors (Lipinski definition) is 3. The van der Waals surface area contributed by atoms with Gasteiger partial charge in [-0.25, -0.2) is 0 Å². The largest absolute Gasteiger partial charge is 0.409 e. The van der Waals surface area contributed by atoms with Crippen molar-refractivity contribution in [3.05, 3.63) is 35.4 Å². The molecule has 0 amide bonds. The zero-order valence-corrected chi connectivity index (χ0v) is 12.2. The molecule has 0 aliphatic heterocycles. The first-order chi connectivity index (χ1) is 9.71. The molecule has 1 fully saturated rings. The third-order valence-electron chi connectivity index (χ3n) is 4.63. The zero-order chi connectivity index (χ0) is 14.4. The second-order valence-electron chi connectivity index (χ2n) is 5.81. The number of nitrogens with two attached hydrogens (primary N) is 1. The van der Waals surface area contributed by atoms with Gasteiger partial charge < -0.3 is 16.3 Å². The van der Waals surface area contributed by atoms with Crippen molar-refractivity contribution in [3.8, 4) is 0 Å². The molecule has 4 N–H and O–H groups in total. The molecule has 4 nitrogen and oxygen atoms in total. The standard InChI is InChI=1S/C16H25N3O/c1-2-16(9-5-6-10-16)12-18-11-13-7-3-4-8-14(13)15(17)19-20/h3-4,7-8,18,20H,2,5-6,9-12H2,1H3,(H2,17,19). The summed E-state index contributed by atoms with van der Waals surface area (Å²) in [5, 5.41) is 15.5. The van der Waals surface area contributed by atoms with Gasteiger partial charge in [-0.1, -0.05) is 49.2 Å². The summed E-state index contributed by atoms with van der Waals surface area (Å²) in [6.45, 7) is 4.10. The van der Waals surface area contributed by atoms with Crippen LogP contribution in [0.4, 0.5) is 0 Å². The van der Waals surface area contributed by atoms with Crippen LogP contribution >= 0.6 is 0 Å². The number of nitrogens with zero attached hydrogens (tertiary/aromatic N) is 1. The molecule has 0 aromatic heterocycles. The van der Waals surface area contributed by atoms with Crippen molar-refractivity contribution in [3.63, 3.8) is 0 Å². The van der Waals surface area contributed by atoms with Crippen molar-refractivity contribution in [2.24, 2.45) is 16.3 Å². The SMILES string of the molecule is CCC1(CNCc2ccccc2/C(N)=N/O)CCCC1. The van der Waals surface area contributed by atoms with E-state index in [2.05, 4.69) is 17.4 Å². The quantitative estimate of drug-likeness (QED) is 0.323. The van der Waals surface area contributed by atoms with E-state index in [1.54, 1.807) is 0 Å². The molecule has 0 saturated heterocycles. The highest BCUT2D eigenvalue weighted by atomic mass is 16.4. The van der Waals surface area contributed by atoms with Crippen molar-refractivity contribution in [1.29, 1.82) is 0 Å². The van der Waals surface area contributed by atoms with Crippen LogP contribution in [0.3, 0.4) is 0 Å². The molecule has 1 aliphatic rings. The van der Waals surface area contributed by atoms with E-state index in [-0.39, 0.29) is 5.84 Å². The van der Waals surface area contributed by atoms with Gasteiger partial charge in [-0.15, -0.1) is 0 Å². The maximum Gasteiger partial charge on any atom is 0.170 e. The fraction of sp³-hybridized carbons (Fsp3) is 0.562. The molecular weight excluding hydrogens is 250 g/mol. The Kier molecular flexibility index (Phi) is 5.01. The molecule has 0 heterocycles. The molecule has 0 bridgehead atoms. The summed E-state index contributed by atoms with van der Waals surface area (Å²) >= 11 is 0. The van der Waals surface area contributed by atoms with Crippen LogP contribution in [0.2, 0.25) is 0 Å². The molecule has 0 unspecified atom stereocenters. The predicted molar refractivity (Wildman–Crippen MR) is 81.9 cm³/mol. The van der Waals surface area contributed by atoms with Crippen molar-refractivity contribution in [1.82, 2.24) is 5.32 Å². The summed E-state index contributed by atoms with van der Waals surface area (Å²) in [7, 11) is 0. The first-order valence-electron chi connectivity index (χ1n) is 7.47. The van der Waals surface area contributed by atoms with E-state index in [1.807, 2.05) is 24.3 Å². The predicted octanol–water partition coefficient (Wildman–Crippen LogP) is 2.84. The Morgan fingerprint density at radius 2 is 2.05 bits per heavy atom. The van der Waals surface area contributed by atoms with E-state index >= 15 is 0 Å². The van der Waals surface area contributed by atoms with Crippen LogP contribution < -0.4 is 11.1 Å². The lowest BCUT2D eigenvalue weighted by Gasteiger charge is -2.28. The average molecular weight is 275 g/mol. The molecule has 0 spiro atoms. The van der Waals surface area contributed by atoms with Gasteiger partial charge in [0.15, 0.2) is 5.84 Å². The number of hydrogen-bond donors (Lipinski definition) is 3. The average Bonchev–Trinajstić information content (AvgIpc) is 2.96.